The van der Waals surface area contributed by atoms with E-state index in [1.807, 2.05) is 11.3 Å². The second-order valence-electron chi connectivity index (χ2n) is 12.9. The number of aromatic nitrogens is 3. The number of thiophene rings is 1. The third kappa shape index (κ3) is 5.34. The van der Waals surface area contributed by atoms with Gasteiger partial charge in [-0.25, -0.2) is 15.0 Å². The molecule has 3 nitrogen and oxygen atoms in total. The van der Waals surface area contributed by atoms with Crippen molar-refractivity contribution in [3.63, 3.8) is 0 Å². The zero-order chi connectivity index (χ0) is 33.7. The van der Waals surface area contributed by atoms with E-state index in [0.717, 1.165) is 27.6 Å². The third-order valence-electron chi connectivity index (χ3n) is 9.73. The molecule has 0 saturated heterocycles. The summed E-state index contributed by atoms with van der Waals surface area (Å²) in [5.74, 6) is 1.94. The van der Waals surface area contributed by atoms with Gasteiger partial charge >= 0.3 is 0 Å². The Morgan fingerprint density at radius 2 is 0.784 bits per heavy atom. The molecule has 0 aliphatic heterocycles. The topological polar surface area (TPSA) is 38.7 Å². The van der Waals surface area contributed by atoms with E-state index in [4.69, 9.17) is 15.0 Å². The maximum Gasteiger partial charge on any atom is 0.164 e. The lowest BCUT2D eigenvalue weighted by Crippen LogP contribution is -2.00. The molecule has 0 radical (unpaired) electrons. The molecule has 0 atom stereocenters. The highest BCUT2D eigenvalue weighted by Gasteiger charge is 2.15. The van der Waals surface area contributed by atoms with Gasteiger partial charge in [0.15, 0.2) is 17.5 Å². The molecule has 0 saturated carbocycles. The number of rotatable bonds is 5. The SMILES string of the molecule is c1ccc2cc(-c3ccc(-c4nc(-c5ccc(-c6cccc7sc8ccccc8c67)cc5)nc(-c5ccc6ccccc6c5)n4)cc3)ccc2c1. The molecule has 10 rings (SSSR count). The second-order valence-corrected chi connectivity index (χ2v) is 13.9. The molecule has 0 aliphatic rings. The Morgan fingerprint density at radius 3 is 1.45 bits per heavy atom. The first-order valence-corrected chi connectivity index (χ1v) is 17.9. The molecule has 0 bridgehead atoms. The number of benzene rings is 8. The smallest absolute Gasteiger partial charge is 0.164 e. The summed E-state index contributed by atoms with van der Waals surface area (Å²) in [7, 11) is 0. The van der Waals surface area contributed by atoms with Crippen LogP contribution in [-0.2, 0) is 0 Å². The van der Waals surface area contributed by atoms with Gasteiger partial charge in [-0.3, -0.25) is 0 Å². The van der Waals surface area contributed by atoms with Crippen LogP contribution in [0, 0.1) is 0 Å². The predicted molar refractivity (Wildman–Crippen MR) is 215 cm³/mol. The van der Waals surface area contributed by atoms with Gasteiger partial charge in [-0.05, 0) is 68.1 Å². The van der Waals surface area contributed by atoms with Gasteiger partial charge in [0, 0.05) is 36.9 Å². The molecule has 51 heavy (non-hydrogen) atoms. The quantitative estimate of drug-likeness (QED) is 0.183. The van der Waals surface area contributed by atoms with Gasteiger partial charge in [0.25, 0.3) is 0 Å². The van der Waals surface area contributed by atoms with Gasteiger partial charge in [0.2, 0.25) is 0 Å². The number of hydrogen-bond donors (Lipinski definition) is 0. The van der Waals surface area contributed by atoms with E-state index in [0.29, 0.717) is 17.5 Å². The van der Waals surface area contributed by atoms with Crippen LogP contribution in [0.1, 0.15) is 0 Å². The van der Waals surface area contributed by atoms with Crippen LogP contribution < -0.4 is 0 Å². The van der Waals surface area contributed by atoms with E-state index in [-0.39, 0.29) is 0 Å². The van der Waals surface area contributed by atoms with Crippen LogP contribution in [0.4, 0.5) is 0 Å². The zero-order valence-corrected chi connectivity index (χ0v) is 28.3. The molecule has 238 valence electrons. The number of nitrogens with zero attached hydrogens (tertiary/aromatic N) is 3. The van der Waals surface area contributed by atoms with Crippen molar-refractivity contribution >= 4 is 53.1 Å². The van der Waals surface area contributed by atoms with E-state index in [9.17, 15) is 0 Å². The Morgan fingerprint density at radius 1 is 0.314 bits per heavy atom. The van der Waals surface area contributed by atoms with E-state index >= 15 is 0 Å². The molecule has 0 aliphatic carbocycles. The monoisotopic (exact) mass is 667 g/mol. The van der Waals surface area contributed by atoms with E-state index in [1.165, 1.54) is 53.0 Å². The highest BCUT2D eigenvalue weighted by Crippen LogP contribution is 2.40. The van der Waals surface area contributed by atoms with Crippen LogP contribution in [0.15, 0.2) is 176 Å². The van der Waals surface area contributed by atoms with Crippen molar-refractivity contribution in [1.29, 1.82) is 0 Å². The van der Waals surface area contributed by atoms with Gasteiger partial charge in [-0.1, -0.05) is 152 Å². The summed E-state index contributed by atoms with van der Waals surface area (Å²) in [5, 5.41) is 7.40. The summed E-state index contributed by atoms with van der Waals surface area (Å²) in [6.07, 6.45) is 0. The van der Waals surface area contributed by atoms with Gasteiger partial charge in [0.1, 0.15) is 0 Å². The minimum Gasteiger partial charge on any atom is -0.208 e. The van der Waals surface area contributed by atoms with Gasteiger partial charge in [0.05, 0.1) is 0 Å². The molecule has 2 heterocycles. The molecule has 0 amide bonds. The van der Waals surface area contributed by atoms with E-state index in [1.54, 1.807) is 0 Å². The Hall–Kier alpha value is -6.49. The Kier molecular flexibility index (Phi) is 7.00. The van der Waals surface area contributed by atoms with Crippen molar-refractivity contribution in [2.24, 2.45) is 0 Å². The molecule has 10 aromatic rings. The van der Waals surface area contributed by atoms with Crippen LogP contribution in [-0.4, -0.2) is 15.0 Å². The fourth-order valence-electron chi connectivity index (χ4n) is 7.09. The molecule has 4 heteroatoms. The van der Waals surface area contributed by atoms with Crippen LogP contribution in [0.2, 0.25) is 0 Å². The number of hydrogen-bond acceptors (Lipinski definition) is 4. The lowest BCUT2D eigenvalue weighted by Gasteiger charge is -2.11. The largest absolute Gasteiger partial charge is 0.208 e. The summed E-state index contributed by atoms with van der Waals surface area (Å²) in [5.41, 5.74) is 7.58. The molecular formula is C47H29N3S. The maximum absolute atomic E-state index is 5.07. The highest BCUT2D eigenvalue weighted by molar-refractivity contribution is 7.25. The summed E-state index contributed by atoms with van der Waals surface area (Å²) >= 11 is 1.84. The molecule has 8 aromatic carbocycles. The summed E-state index contributed by atoms with van der Waals surface area (Å²) in [6, 6.07) is 62.3. The molecule has 0 N–H and O–H groups in total. The lowest BCUT2D eigenvalue weighted by atomic mass is 9.98. The average Bonchev–Trinajstić information content (AvgIpc) is 3.59. The molecule has 0 unspecified atom stereocenters. The first kappa shape index (κ1) is 29.4. The van der Waals surface area contributed by atoms with Crippen molar-refractivity contribution in [2.75, 3.05) is 0 Å². The third-order valence-corrected chi connectivity index (χ3v) is 10.9. The standard InChI is InChI=1S/C47H29N3S/c1-3-10-36-28-38(26-18-30(36)8-1)32-16-22-34(23-17-32)45-48-46(50-47(49-45)39-27-19-31-9-2-4-11-37(31)29-39)35-24-20-33(21-25-35)40-13-7-15-43-44(40)41-12-5-6-14-42(41)51-43/h1-29H. The van der Waals surface area contributed by atoms with Crippen LogP contribution in [0.5, 0.6) is 0 Å². The summed E-state index contributed by atoms with van der Waals surface area (Å²) in [4.78, 5) is 15.2. The van der Waals surface area contributed by atoms with Crippen molar-refractivity contribution in [3.05, 3.63) is 176 Å². The Bertz CT molecular complexity index is 2910. The summed E-state index contributed by atoms with van der Waals surface area (Å²) in [6.45, 7) is 0. The van der Waals surface area contributed by atoms with E-state index in [2.05, 4.69) is 176 Å². The summed E-state index contributed by atoms with van der Waals surface area (Å²) < 4.78 is 2.60. The van der Waals surface area contributed by atoms with Gasteiger partial charge < -0.3 is 0 Å². The molecule has 2 aromatic heterocycles. The van der Waals surface area contributed by atoms with Crippen molar-refractivity contribution < 1.29 is 0 Å². The Balaban J connectivity index is 1.06. The minimum atomic E-state index is 0.645. The predicted octanol–water partition coefficient (Wildman–Crippen LogP) is 12.9. The minimum absolute atomic E-state index is 0.645. The van der Waals surface area contributed by atoms with Gasteiger partial charge in [-0.2, -0.15) is 0 Å². The van der Waals surface area contributed by atoms with Crippen LogP contribution in [0.25, 0.3) is 98.1 Å². The van der Waals surface area contributed by atoms with Gasteiger partial charge in [-0.15, -0.1) is 11.3 Å². The first-order valence-electron chi connectivity index (χ1n) is 17.1. The maximum atomic E-state index is 5.07. The zero-order valence-electron chi connectivity index (χ0n) is 27.5. The fourth-order valence-corrected chi connectivity index (χ4v) is 8.22. The highest BCUT2D eigenvalue weighted by atomic mass is 32.1. The fraction of sp³-hybridized carbons (Fsp3) is 0. The molecule has 0 fully saturated rings. The lowest BCUT2D eigenvalue weighted by molar-refractivity contribution is 1.07. The molecule has 0 spiro atoms. The van der Waals surface area contributed by atoms with Crippen LogP contribution >= 0.6 is 11.3 Å². The van der Waals surface area contributed by atoms with Crippen molar-refractivity contribution in [1.82, 2.24) is 15.0 Å². The Labute approximate surface area is 299 Å². The first-order chi connectivity index (χ1) is 25.2. The van der Waals surface area contributed by atoms with Crippen LogP contribution in [0.3, 0.4) is 0 Å². The average molecular weight is 668 g/mol. The number of fused-ring (bicyclic) bond motifs is 5. The molecular weight excluding hydrogens is 639 g/mol. The van der Waals surface area contributed by atoms with Crippen molar-refractivity contribution in [2.45, 2.75) is 0 Å². The van der Waals surface area contributed by atoms with Crippen molar-refractivity contribution in [3.8, 4) is 56.4 Å². The van der Waals surface area contributed by atoms with E-state index < -0.39 is 0 Å². The normalized spacial score (nSPS) is 11.5. The second kappa shape index (κ2) is 12.1.